The van der Waals surface area contributed by atoms with Crippen LogP contribution in [0.4, 0.5) is 0 Å². The van der Waals surface area contributed by atoms with Crippen LogP contribution in [-0.2, 0) is 0 Å². The fourth-order valence-electron chi connectivity index (χ4n) is 2.22. The van der Waals surface area contributed by atoms with Gasteiger partial charge in [0.1, 0.15) is 0 Å². The third-order valence-corrected chi connectivity index (χ3v) is 3.04. The molecule has 0 fully saturated rings. The molecule has 3 rings (SSSR count). The van der Waals surface area contributed by atoms with E-state index >= 15 is 0 Å². The Morgan fingerprint density at radius 3 is 2.80 bits per heavy atom. The van der Waals surface area contributed by atoms with Gasteiger partial charge in [-0.1, -0.05) is 31.2 Å². The molecular formula is C13H10O2. The van der Waals surface area contributed by atoms with Gasteiger partial charge in [0.2, 0.25) is 5.78 Å². The van der Waals surface area contributed by atoms with Crippen molar-refractivity contribution in [3.63, 3.8) is 0 Å². The highest BCUT2D eigenvalue weighted by molar-refractivity contribution is 6.10. The standard InChI is InChI=1S/C13H10O2/c1-8-9-4-2-3-5-11(9)12(14)13-10(8)6-7-15-13/h2-8H,1H3. The first-order valence-electron chi connectivity index (χ1n) is 5.00. The second-order valence-corrected chi connectivity index (χ2v) is 3.84. The van der Waals surface area contributed by atoms with Crippen LogP contribution in [0.1, 0.15) is 40.1 Å². The lowest BCUT2D eigenvalue weighted by molar-refractivity contribution is 0.100. The van der Waals surface area contributed by atoms with Crippen molar-refractivity contribution in [2.45, 2.75) is 12.8 Å². The number of hydrogen-bond acceptors (Lipinski definition) is 2. The van der Waals surface area contributed by atoms with Crippen LogP contribution in [0.3, 0.4) is 0 Å². The number of ketones is 1. The van der Waals surface area contributed by atoms with Crippen molar-refractivity contribution < 1.29 is 9.21 Å². The van der Waals surface area contributed by atoms with Crippen LogP contribution in [0.2, 0.25) is 0 Å². The Morgan fingerprint density at radius 2 is 1.93 bits per heavy atom. The number of benzene rings is 1. The molecule has 0 saturated carbocycles. The molecule has 1 heterocycles. The number of hydrogen-bond donors (Lipinski definition) is 0. The largest absolute Gasteiger partial charge is 0.461 e. The Kier molecular flexibility index (Phi) is 1.60. The second kappa shape index (κ2) is 2.83. The van der Waals surface area contributed by atoms with Crippen molar-refractivity contribution in [2.75, 3.05) is 0 Å². The summed E-state index contributed by atoms with van der Waals surface area (Å²) in [5.41, 5.74) is 2.86. The number of carbonyl (C=O) groups is 1. The molecule has 1 aromatic heterocycles. The van der Waals surface area contributed by atoms with Crippen LogP contribution in [0.5, 0.6) is 0 Å². The van der Waals surface area contributed by atoms with Gasteiger partial charge in [0.05, 0.1) is 6.26 Å². The van der Waals surface area contributed by atoms with E-state index < -0.39 is 0 Å². The number of carbonyl (C=O) groups excluding carboxylic acids is 1. The first kappa shape index (κ1) is 8.48. The molecule has 74 valence electrons. The Balaban J connectivity index is 2.31. The van der Waals surface area contributed by atoms with Gasteiger partial charge >= 0.3 is 0 Å². The molecule has 0 spiro atoms. The molecule has 1 aromatic carbocycles. The second-order valence-electron chi connectivity index (χ2n) is 3.84. The van der Waals surface area contributed by atoms with Crippen LogP contribution < -0.4 is 0 Å². The summed E-state index contributed by atoms with van der Waals surface area (Å²) in [6.07, 6.45) is 1.59. The van der Waals surface area contributed by atoms with E-state index in [-0.39, 0.29) is 11.7 Å². The number of fused-ring (bicyclic) bond motifs is 2. The summed E-state index contributed by atoms with van der Waals surface area (Å²) < 4.78 is 5.25. The molecule has 0 radical (unpaired) electrons. The first-order valence-corrected chi connectivity index (χ1v) is 5.00. The predicted octanol–water partition coefficient (Wildman–Crippen LogP) is 2.98. The van der Waals surface area contributed by atoms with E-state index in [0.29, 0.717) is 5.76 Å². The molecule has 1 aliphatic carbocycles. The van der Waals surface area contributed by atoms with Crippen LogP contribution in [-0.4, -0.2) is 5.78 Å². The molecule has 2 aromatic rings. The van der Waals surface area contributed by atoms with E-state index in [1.807, 2.05) is 30.3 Å². The van der Waals surface area contributed by atoms with Gasteiger partial charge in [-0.2, -0.15) is 0 Å². The van der Waals surface area contributed by atoms with Crippen molar-refractivity contribution in [3.8, 4) is 0 Å². The lowest BCUT2D eigenvalue weighted by Gasteiger charge is -2.20. The van der Waals surface area contributed by atoms with E-state index in [1.54, 1.807) is 6.26 Å². The van der Waals surface area contributed by atoms with E-state index in [4.69, 9.17) is 4.42 Å². The van der Waals surface area contributed by atoms with Gasteiger partial charge in [0.25, 0.3) is 0 Å². The summed E-state index contributed by atoms with van der Waals surface area (Å²) in [7, 11) is 0. The lowest BCUT2D eigenvalue weighted by Crippen LogP contribution is -2.15. The highest BCUT2D eigenvalue weighted by atomic mass is 16.3. The molecule has 15 heavy (non-hydrogen) atoms. The first-order chi connectivity index (χ1) is 7.29. The van der Waals surface area contributed by atoms with Crippen molar-refractivity contribution >= 4 is 5.78 Å². The van der Waals surface area contributed by atoms with Crippen molar-refractivity contribution in [1.82, 2.24) is 0 Å². The molecule has 0 amide bonds. The smallest absolute Gasteiger partial charge is 0.228 e. The van der Waals surface area contributed by atoms with E-state index in [1.165, 1.54) is 0 Å². The van der Waals surface area contributed by atoms with Crippen molar-refractivity contribution in [1.29, 1.82) is 0 Å². The van der Waals surface area contributed by atoms with Gasteiger partial charge in [0.15, 0.2) is 5.76 Å². The summed E-state index contributed by atoms with van der Waals surface area (Å²) in [5, 5.41) is 0. The van der Waals surface area contributed by atoms with Gasteiger partial charge in [0, 0.05) is 17.0 Å². The van der Waals surface area contributed by atoms with Gasteiger partial charge in [-0.25, -0.2) is 0 Å². The number of furan rings is 1. The third kappa shape index (κ3) is 1.02. The summed E-state index contributed by atoms with van der Waals surface area (Å²) in [4.78, 5) is 12.0. The monoisotopic (exact) mass is 198 g/mol. The number of rotatable bonds is 0. The Hall–Kier alpha value is -1.83. The maximum absolute atomic E-state index is 12.0. The quantitative estimate of drug-likeness (QED) is 0.651. The van der Waals surface area contributed by atoms with Crippen molar-refractivity contribution in [2.24, 2.45) is 0 Å². The molecule has 1 unspecified atom stereocenters. The van der Waals surface area contributed by atoms with Gasteiger partial charge in [-0.3, -0.25) is 4.79 Å². The average molecular weight is 198 g/mol. The fourth-order valence-corrected chi connectivity index (χ4v) is 2.22. The molecule has 0 saturated heterocycles. The van der Waals surface area contributed by atoms with Crippen LogP contribution in [0.25, 0.3) is 0 Å². The molecular weight excluding hydrogens is 188 g/mol. The van der Waals surface area contributed by atoms with Crippen molar-refractivity contribution in [3.05, 3.63) is 59.0 Å². The Bertz CT molecular complexity index is 537. The zero-order valence-corrected chi connectivity index (χ0v) is 8.36. The van der Waals surface area contributed by atoms with E-state index in [9.17, 15) is 4.79 Å². The SMILES string of the molecule is CC1c2ccccc2C(=O)c2occc21. The highest BCUT2D eigenvalue weighted by Gasteiger charge is 2.30. The summed E-state index contributed by atoms with van der Waals surface area (Å²) >= 11 is 0. The zero-order chi connectivity index (χ0) is 10.4. The molecule has 0 bridgehead atoms. The van der Waals surface area contributed by atoms with Gasteiger partial charge in [-0.05, 0) is 11.6 Å². The molecule has 2 nitrogen and oxygen atoms in total. The zero-order valence-electron chi connectivity index (χ0n) is 8.36. The third-order valence-electron chi connectivity index (χ3n) is 3.04. The molecule has 1 aliphatic rings. The van der Waals surface area contributed by atoms with E-state index in [2.05, 4.69) is 6.92 Å². The Labute approximate surface area is 87.5 Å². The molecule has 0 N–H and O–H groups in total. The predicted molar refractivity (Wildman–Crippen MR) is 56.1 cm³/mol. The normalized spacial score (nSPS) is 18.5. The maximum atomic E-state index is 12.0. The summed E-state index contributed by atoms with van der Waals surface area (Å²) in [6.45, 7) is 2.10. The van der Waals surface area contributed by atoms with Crippen LogP contribution >= 0.6 is 0 Å². The Morgan fingerprint density at radius 1 is 1.13 bits per heavy atom. The van der Waals surface area contributed by atoms with Gasteiger partial charge in [-0.15, -0.1) is 0 Å². The minimum absolute atomic E-state index is 0.00343. The average Bonchev–Trinajstić information content (AvgIpc) is 2.75. The van der Waals surface area contributed by atoms with Gasteiger partial charge < -0.3 is 4.42 Å². The maximum Gasteiger partial charge on any atom is 0.228 e. The minimum atomic E-state index is 0.00343. The van der Waals surface area contributed by atoms with E-state index in [0.717, 1.165) is 16.7 Å². The lowest BCUT2D eigenvalue weighted by atomic mass is 9.82. The topological polar surface area (TPSA) is 30.2 Å². The molecule has 0 aliphatic heterocycles. The highest BCUT2D eigenvalue weighted by Crippen LogP contribution is 2.36. The molecule has 2 heteroatoms. The van der Waals surface area contributed by atoms with Crippen LogP contribution in [0.15, 0.2) is 41.0 Å². The summed E-state index contributed by atoms with van der Waals surface area (Å²) in [6, 6.07) is 9.60. The van der Waals surface area contributed by atoms with Crippen LogP contribution in [0, 0.1) is 0 Å². The molecule has 1 atom stereocenters. The summed E-state index contributed by atoms with van der Waals surface area (Å²) in [5.74, 6) is 0.748. The minimum Gasteiger partial charge on any atom is -0.461 e. The fraction of sp³-hybridized carbons (Fsp3) is 0.154.